The molecule has 0 amide bonds. The lowest BCUT2D eigenvalue weighted by Gasteiger charge is -2.38. The average Bonchev–Trinajstić information content (AvgIpc) is 2.82. The van der Waals surface area contributed by atoms with Gasteiger partial charge in [-0.05, 0) is 32.2 Å². The third-order valence-electron chi connectivity index (χ3n) is 3.75. The van der Waals surface area contributed by atoms with Gasteiger partial charge in [0.05, 0.1) is 5.75 Å². The Morgan fingerprint density at radius 3 is 2.76 bits per heavy atom. The standard InChI is InChI=1S/C12H22N2O2S/c1-2-10-17(15,16)14-9-4-3-7-12(14)11-6-5-8-13-11/h2,11-13H,1,3-10H2. The smallest absolute Gasteiger partial charge is 0.217 e. The van der Waals surface area contributed by atoms with Crippen molar-refractivity contribution in [1.82, 2.24) is 9.62 Å². The van der Waals surface area contributed by atoms with Gasteiger partial charge in [0, 0.05) is 18.6 Å². The van der Waals surface area contributed by atoms with E-state index in [1.807, 2.05) is 0 Å². The van der Waals surface area contributed by atoms with E-state index in [0.29, 0.717) is 12.6 Å². The van der Waals surface area contributed by atoms with Gasteiger partial charge in [0.1, 0.15) is 0 Å². The van der Waals surface area contributed by atoms with Gasteiger partial charge in [-0.2, -0.15) is 4.31 Å². The predicted octanol–water partition coefficient (Wildman–Crippen LogP) is 1.11. The maximum Gasteiger partial charge on any atom is 0.217 e. The van der Waals surface area contributed by atoms with E-state index in [2.05, 4.69) is 11.9 Å². The van der Waals surface area contributed by atoms with Crippen LogP contribution in [0, 0.1) is 0 Å². The van der Waals surface area contributed by atoms with Gasteiger partial charge >= 0.3 is 0 Å². The molecule has 0 bridgehead atoms. The molecule has 2 aliphatic rings. The number of rotatable bonds is 4. The van der Waals surface area contributed by atoms with Crippen molar-refractivity contribution in [3.8, 4) is 0 Å². The van der Waals surface area contributed by atoms with Crippen molar-refractivity contribution in [2.75, 3.05) is 18.8 Å². The van der Waals surface area contributed by atoms with Crippen molar-refractivity contribution in [1.29, 1.82) is 0 Å². The Hall–Kier alpha value is -0.390. The fraction of sp³-hybridized carbons (Fsp3) is 0.833. The molecule has 0 spiro atoms. The summed E-state index contributed by atoms with van der Waals surface area (Å²) in [5, 5.41) is 3.44. The molecule has 5 heteroatoms. The topological polar surface area (TPSA) is 49.4 Å². The van der Waals surface area contributed by atoms with Crippen molar-refractivity contribution < 1.29 is 8.42 Å². The molecule has 2 rings (SSSR count). The van der Waals surface area contributed by atoms with E-state index in [-0.39, 0.29) is 11.8 Å². The van der Waals surface area contributed by atoms with Crippen molar-refractivity contribution >= 4 is 10.0 Å². The Bertz CT molecular complexity index is 361. The molecule has 4 nitrogen and oxygen atoms in total. The van der Waals surface area contributed by atoms with Crippen LogP contribution >= 0.6 is 0 Å². The van der Waals surface area contributed by atoms with Gasteiger partial charge in [0.25, 0.3) is 0 Å². The summed E-state index contributed by atoms with van der Waals surface area (Å²) >= 11 is 0. The number of piperidine rings is 1. The molecule has 0 radical (unpaired) electrons. The van der Waals surface area contributed by atoms with Gasteiger partial charge in [0.15, 0.2) is 0 Å². The number of nitrogens with one attached hydrogen (secondary N) is 1. The third kappa shape index (κ3) is 2.89. The summed E-state index contributed by atoms with van der Waals surface area (Å²) in [6, 6.07) is 0.520. The minimum atomic E-state index is -3.14. The molecule has 2 heterocycles. The van der Waals surface area contributed by atoms with E-state index < -0.39 is 10.0 Å². The normalized spacial score (nSPS) is 31.5. The Kier molecular flexibility index (Phi) is 4.22. The van der Waals surface area contributed by atoms with Crippen molar-refractivity contribution in [2.45, 2.75) is 44.2 Å². The Morgan fingerprint density at radius 1 is 1.29 bits per heavy atom. The summed E-state index contributed by atoms with van der Waals surface area (Å²) in [6.07, 6.45) is 6.88. The van der Waals surface area contributed by atoms with E-state index in [0.717, 1.165) is 38.6 Å². The molecule has 2 atom stereocenters. The maximum atomic E-state index is 12.2. The minimum absolute atomic E-state index is 0.0657. The Balaban J connectivity index is 2.13. The van der Waals surface area contributed by atoms with Gasteiger partial charge in [-0.25, -0.2) is 8.42 Å². The molecule has 2 saturated heterocycles. The summed E-state index contributed by atoms with van der Waals surface area (Å²) < 4.78 is 26.1. The molecule has 0 aromatic carbocycles. The van der Waals surface area contributed by atoms with Crippen LogP contribution in [0.5, 0.6) is 0 Å². The number of hydrogen-bond donors (Lipinski definition) is 1. The quantitative estimate of drug-likeness (QED) is 0.769. The SMILES string of the molecule is C=CCS(=O)(=O)N1CCCCC1C1CCCN1. The van der Waals surface area contributed by atoms with Gasteiger partial charge in [-0.3, -0.25) is 0 Å². The van der Waals surface area contributed by atoms with E-state index in [1.165, 1.54) is 6.08 Å². The lowest BCUT2D eigenvalue weighted by atomic mass is 9.97. The van der Waals surface area contributed by atoms with Crippen LogP contribution in [-0.4, -0.2) is 43.6 Å². The molecule has 2 unspecified atom stereocenters. The molecule has 1 N–H and O–H groups in total. The van der Waals surface area contributed by atoms with Crippen LogP contribution in [0.25, 0.3) is 0 Å². The fourth-order valence-electron chi connectivity index (χ4n) is 2.96. The second-order valence-corrected chi connectivity index (χ2v) is 6.91. The van der Waals surface area contributed by atoms with Gasteiger partial charge < -0.3 is 5.32 Å². The highest BCUT2D eigenvalue weighted by Crippen LogP contribution is 2.26. The number of sulfonamides is 1. The van der Waals surface area contributed by atoms with E-state index in [9.17, 15) is 8.42 Å². The van der Waals surface area contributed by atoms with Crippen molar-refractivity contribution in [3.05, 3.63) is 12.7 Å². The number of hydrogen-bond acceptors (Lipinski definition) is 3. The summed E-state index contributed by atoms with van der Waals surface area (Å²) in [5.41, 5.74) is 0. The highest BCUT2D eigenvalue weighted by atomic mass is 32.2. The van der Waals surface area contributed by atoms with Crippen LogP contribution in [0.2, 0.25) is 0 Å². The highest BCUT2D eigenvalue weighted by molar-refractivity contribution is 7.89. The molecule has 0 aromatic rings. The lowest BCUT2D eigenvalue weighted by Crippen LogP contribution is -2.52. The highest BCUT2D eigenvalue weighted by Gasteiger charge is 2.37. The molecule has 0 aliphatic carbocycles. The summed E-state index contributed by atoms with van der Waals surface area (Å²) in [5.74, 6) is 0.0657. The fourth-order valence-corrected chi connectivity index (χ4v) is 4.52. The first kappa shape index (κ1) is 13.1. The van der Waals surface area contributed by atoms with Crippen molar-refractivity contribution in [2.24, 2.45) is 0 Å². The summed E-state index contributed by atoms with van der Waals surface area (Å²) in [7, 11) is -3.14. The van der Waals surface area contributed by atoms with E-state index in [4.69, 9.17) is 0 Å². The maximum absolute atomic E-state index is 12.2. The molecule has 2 aliphatic heterocycles. The van der Waals surface area contributed by atoms with Crippen molar-refractivity contribution in [3.63, 3.8) is 0 Å². The zero-order chi connectivity index (χ0) is 12.3. The summed E-state index contributed by atoms with van der Waals surface area (Å²) in [4.78, 5) is 0. The average molecular weight is 258 g/mol. The first-order valence-corrected chi connectivity index (χ1v) is 8.10. The monoisotopic (exact) mass is 258 g/mol. The van der Waals surface area contributed by atoms with Gasteiger partial charge in [-0.1, -0.05) is 12.5 Å². The molecular weight excluding hydrogens is 236 g/mol. The largest absolute Gasteiger partial charge is 0.312 e. The Morgan fingerprint density at radius 2 is 2.12 bits per heavy atom. The van der Waals surface area contributed by atoms with E-state index in [1.54, 1.807) is 4.31 Å². The van der Waals surface area contributed by atoms with Crippen LogP contribution in [0.15, 0.2) is 12.7 Å². The molecule has 0 aromatic heterocycles. The third-order valence-corrected chi connectivity index (χ3v) is 5.57. The second-order valence-electron chi connectivity index (χ2n) is 4.94. The molecular formula is C12H22N2O2S. The minimum Gasteiger partial charge on any atom is -0.312 e. The van der Waals surface area contributed by atoms with Gasteiger partial charge in [-0.15, -0.1) is 6.58 Å². The number of nitrogens with zero attached hydrogens (tertiary/aromatic N) is 1. The first-order valence-electron chi connectivity index (χ1n) is 6.49. The molecule has 17 heavy (non-hydrogen) atoms. The van der Waals surface area contributed by atoms with Gasteiger partial charge in [0.2, 0.25) is 10.0 Å². The zero-order valence-corrected chi connectivity index (χ0v) is 11.1. The molecule has 98 valence electrons. The predicted molar refractivity (Wildman–Crippen MR) is 69.4 cm³/mol. The van der Waals surface area contributed by atoms with Crippen LogP contribution in [0.4, 0.5) is 0 Å². The van der Waals surface area contributed by atoms with Crippen LogP contribution in [0.1, 0.15) is 32.1 Å². The van der Waals surface area contributed by atoms with Crippen LogP contribution < -0.4 is 5.32 Å². The molecule has 0 saturated carbocycles. The zero-order valence-electron chi connectivity index (χ0n) is 10.3. The van der Waals surface area contributed by atoms with Crippen LogP contribution in [-0.2, 0) is 10.0 Å². The first-order chi connectivity index (χ1) is 8.15. The summed E-state index contributed by atoms with van der Waals surface area (Å²) in [6.45, 7) is 5.25. The van der Waals surface area contributed by atoms with E-state index >= 15 is 0 Å². The van der Waals surface area contributed by atoms with Crippen LogP contribution in [0.3, 0.4) is 0 Å². The Labute approximate surface area is 104 Å². The molecule has 2 fully saturated rings. The second kappa shape index (κ2) is 5.50. The lowest BCUT2D eigenvalue weighted by molar-refractivity contribution is 0.211.